The summed E-state index contributed by atoms with van der Waals surface area (Å²) in [7, 11) is 0. The molecular formula is C65H139N5O2. The van der Waals surface area contributed by atoms with Gasteiger partial charge < -0.3 is 15.6 Å². The quantitative estimate of drug-likeness (QED) is 0.0413. The van der Waals surface area contributed by atoms with Crippen molar-refractivity contribution < 1.29 is 9.90 Å². The number of hydrogen-bond donors (Lipinski definition) is 3. The molecule has 4 N–H and O–H groups in total. The maximum absolute atomic E-state index is 8.50. The maximum atomic E-state index is 8.50. The van der Waals surface area contributed by atoms with E-state index in [0.29, 0.717) is 0 Å². The molecule has 0 aromatic carbocycles. The predicted molar refractivity (Wildman–Crippen MR) is 325 cm³/mol. The number of nitrogens with one attached hydrogen (secondary N) is 1. The third-order valence-corrected chi connectivity index (χ3v) is 15.1. The number of aliphatic hydroxyl groups excluding tert-OH is 1. The van der Waals surface area contributed by atoms with Gasteiger partial charge in [0.25, 0.3) is 0 Å². The van der Waals surface area contributed by atoms with Gasteiger partial charge in [0.05, 0.1) is 26.7 Å². The Hall–Kier alpha value is -0.570. The highest BCUT2D eigenvalue weighted by Gasteiger charge is 2.22. The van der Waals surface area contributed by atoms with Crippen molar-refractivity contribution >= 4 is 6.79 Å². The number of hydrogen-bond acceptors (Lipinski definition) is 7. The van der Waals surface area contributed by atoms with Crippen LogP contribution >= 0.6 is 0 Å². The molecule has 436 valence electrons. The van der Waals surface area contributed by atoms with E-state index in [1.807, 2.05) is 6.79 Å². The minimum atomic E-state index is 0.122. The standard InChI is InChI=1S/C39H81N3.C13H29NO.C12H27N.CH2O/c1-4-7-10-13-16-19-22-25-28-31-34-40-37-41(35-32-29-26-23-20-17-14-11-8-5-2)39-42(38-40)36-33-30-27-24-21-18-15-12-9-6-3;1-2-3-4-5-6-7-8-9-10-11-12-14-13-15;1-2-3-4-5-6-7-8-9-10-11-12-13;1-2/h4-39H2,1-3H3;14-15H,2-13H2,1H3;2-13H2,1H3;1H2. The van der Waals surface area contributed by atoms with Crippen molar-refractivity contribution in [1.82, 2.24) is 20.0 Å². The second-order valence-corrected chi connectivity index (χ2v) is 22.5. The molecule has 1 heterocycles. The van der Waals surface area contributed by atoms with E-state index in [9.17, 15) is 0 Å². The summed E-state index contributed by atoms with van der Waals surface area (Å²) in [5, 5.41) is 11.4. The first-order chi connectivity index (χ1) is 35.6. The van der Waals surface area contributed by atoms with Crippen molar-refractivity contribution in [1.29, 1.82) is 0 Å². The van der Waals surface area contributed by atoms with Gasteiger partial charge in [-0.1, -0.05) is 324 Å². The van der Waals surface area contributed by atoms with E-state index < -0.39 is 0 Å². The summed E-state index contributed by atoms with van der Waals surface area (Å²) in [5.74, 6) is 0. The number of nitrogens with two attached hydrogens (primary N) is 1. The lowest BCUT2D eigenvalue weighted by atomic mass is 10.1. The van der Waals surface area contributed by atoms with Crippen LogP contribution in [0.5, 0.6) is 0 Å². The largest absolute Gasteiger partial charge is 0.381 e. The van der Waals surface area contributed by atoms with Gasteiger partial charge >= 0.3 is 0 Å². The lowest BCUT2D eigenvalue weighted by Gasteiger charge is -2.42. The number of rotatable bonds is 55. The normalized spacial score (nSPS) is 13.1. The van der Waals surface area contributed by atoms with Crippen molar-refractivity contribution in [3.8, 4) is 0 Å². The summed E-state index contributed by atoms with van der Waals surface area (Å²) < 4.78 is 0. The van der Waals surface area contributed by atoms with Crippen LogP contribution in [0.1, 0.15) is 356 Å². The fraction of sp³-hybridized carbons (Fsp3) is 0.985. The summed E-state index contributed by atoms with van der Waals surface area (Å²) in [6, 6.07) is 0. The molecule has 0 saturated carbocycles. The van der Waals surface area contributed by atoms with Gasteiger partial charge in [-0.15, -0.1) is 0 Å². The average Bonchev–Trinajstić information content (AvgIpc) is 3.40. The van der Waals surface area contributed by atoms with Crippen LogP contribution in [-0.2, 0) is 4.79 Å². The highest BCUT2D eigenvalue weighted by Crippen LogP contribution is 2.18. The molecule has 0 atom stereocenters. The fourth-order valence-corrected chi connectivity index (χ4v) is 10.3. The van der Waals surface area contributed by atoms with Gasteiger partial charge in [0, 0.05) is 19.6 Å². The molecule has 1 aliphatic rings. The molecule has 0 aromatic heterocycles. The van der Waals surface area contributed by atoms with Crippen molar-refractivity contribution in [2.24, 2.45) is 5.73 Å². The SMILES string of the molecule is C=O.CCCCCCCCCCCCN.CCCCCCCCCCCCN1CN(CCCCCCCCCCCC)CN(CCCCCCCCCCCC)C1.CCCCCCCCCCCCNCO. The molecule has 1 fully saturated rings. The van der Waals surface area contributed by atoms with Crippen LogP contribution in [-0.4, -0.2) is 86.1 Å². The molecule has 1 rings (SSSR count). The minimum absolute atomic E-state index is 0.122. The molecule has 1 saturated heterocycles. The van der Waals surface area contributed by atoms with Crippen LogP contribution in [0.2, 0.25) is 0 Å². The first-order valence-electron chi connectivity index (χ1n) is 33.1. The Morgan fingerprint density at radius 1 is 0.306 bits per heavy atom. The molecule has 7 nitrogen and oxygen atoms in total. The highest BCUT2D eigenvalue weighted by atomic mass is 16.3. The number of aliphatic hydroxyl groups is 1. The van der Waals surface area contributed by atoms with E-state index in [2.05, 4.69) is 54.6 Å². The molecule has 7 heteroatoms. The van der Waals surface area contributed by atoms with Crippen LogP contribution in [0.3, 0.4) is 0 Å². The Morgan fingerprint density at radius 2 is 0.486 bits per heavy atom. The van der Waals surface area contributed by atoms with E-state index in [-0.39, 0.29) is 6.73 Å². The number of nitrogens with zero attached hydrogens (tertiary/aromatic N) is 3. The lowest BCUT2D eigenvalue weighted by molar-refractivity contribution is -0.0980. The van der Waals surface area contributed by atoms with Gasteiger partial charge in [-0.25, -0.2) is 0 Å². The average molecular weight is 1020 g/mol. The first-order valence-corrected chi connectivity index (χ1v) is 33.1. The summed E-state index contributed by atoms with van der Waals surface area (Å²) in [5.41, 5.74) is 5.42. The van der Waals surface area contributed by atoms with Crippen molar-refractivity contribution in [3.05, 3.63) is 0 Å². The third-order valence-electron chi connectivity index (χ3n) is 15.1. The Balaban J connectivity index is -0.00000129. The molecule has 0 spiro atoms. The Bertz CT molecular complexity index is 798. The van der Waals surface area contributed by atoms with E-state index in [1.54, 1.807) is 0 Å². The van der Waals surface area contributed by atoms with E-state index in [0.717, 1.165) is 13.1 Å². The van der Waals surface area contributed by atoms with Crippen LogP contribution < -0.4 is 11.1 Å². The third kappa shape index (κ3) is 67.4. The van der Waals surface area contributed by atoms with Crippen LogP contribution in [0.4, 0.5) is 0 Å². The fourth-order valence-electron chi connectivity index (χ4n) is 10.3. The van der Waals surface area contributed by atoms with Gasteiger partial charge in [0.1, 0.15) is 6.79 Å². The molecule has 0 aromatic rings. The molecule has 0 amide bonds. The van der Waals surface area contributed by atoms with E-state index >= 15 is 0 Å². The predicted octanol–water partition coefficient (Wildman–Crippen LogP) is 19.7. The molecular weight excluding hydrogens is 883 g/mol. The number of carbonyl (C=O) groups excluding carboxylic acids is 1. The van der Waals surface area contributed by atoms with Crippen molar-refractivity contribution in [2.75, 3.05) is 59.5 Å². The Morgan fingerprint density at radius 3 is 0.681 bits per heavy atom. The summed E-state index contributed by atoms with van der Waals surface area (Å²) in [6.07, 6.45) is 70.8. The summed E-state index contributed by atoms with van der Waals surface area (Å²) in [4.78, 5) is 16.3. The van der Waals surface area contributed by atoms with E-state index in [4.69, 9.17) is 15.6 Å². The zero-order valence-electron chi connectivity index (χ0n) is 50.7. The Labute approximate surface area is 455 Å². The maximum Gasteiger partial charge on any atom is 0.106 e. The van der Waals surface area contributed by atoms with Gasteiger partial charge in [0.15, 0.2) is 0 Å². The molecule has 72 heavy (non-hydrogen) atoms. The molecule has 1 aliphatic heterocycles. The van der Waals surface area contributed by atoms with Crippen molar-refractivity contribution in [2.45, 2.75) is 356 Å². The Kier molecular flexibility index (Phi) is 76.2. The highest BCUT2D eigenvalue weighted by molar-refractivity contribution is 5.11. The van der Waals surface area contributed by atoms with Gasteiger partial charge in [-0.2, -0.15) is 0 Å². The smallest absolute Gasteiger partial charge is 0.106 e. The number of unbranched alkanes of at least 4 members (excludes halogenated alkanes) is 45. The van der Waals surface area contributed by atoms with Gasteiger partial charge in [0.2, 0.25) is 0 Å². The zero-order valence-corrected chi connectivity index (χ0v) is 50.7. The molecule has 0 bridgehead atoms. The van der Waals surface area contributed by atoms with Crippen LogP contribution in [0.15, 0.2) is 0 Å². The van der Waals surface area contributed by atoms with Gasteiger partial charge in [-0.05, 0) is 45.2 Å². The molecule has 0 radical (unpaired) electrons. The molecule has 0 aliphatic carbocycles. The first kappa shape index (κ1) is 75.7. The second-order valence-electron chi connectivity index (χ2n) is 22.5. The molecule has 0 unspecified atom stereocenters. The van der Waals surface area contributed by atoms with Crippen molar-refractivity contribution in [3.63, 3.8) is 0 Å². The minimum Gasteiger partial charge on any atom is -0.381 e. The second kappa shape index (κ2) is 72.5. The monoisotopic (exact) mass is 1020 g/mol. The zero-order chi connectivity index (χ0) is 53.2. The van der Waals surface area contributed by atoms with E-state index in [1.165, 1.54) is 361 Å². The number of carbonyl (C=O) groups is 1. The summed E-state index contributed by atoms with van der Waals surface area (Å²) >= 11 is 0. The van der Waals surface area contributed by atoms with Crippen LogP contribution in [0, 0.1) is 0 Å². The van der Waals surface area contributed by atoms with Gasteiger partial charge in [-0.3, -0.25) is 20.0 Å². The lowest BCUT2D eigenvalue weighted by Crippen LogP contribution is -2.55. The topological polar surface area (TPSA) is 85.1 Å². The summed E-state index contributed by atoms with van der Waals surface area (Å²) in [6.45, 7) is 23.0. The van der Waals surface area contributed by atoms with Crippen LogP contribution in [0.25, 0.3) is 0 Å².